The fourth-order valence-corrected chi connectivity index (χ4v) is 1.15. The Morgan fingerprint density at radius 3 is 2.50 bits per heavy atom. The van der Waals surface area contributed by atoms with Crippen LogP contribution >= 0.6 is 15.9 Å². The molecule has 2 amide bonds. The average Bonchev–Trinajstić information content (AvgIpc) is 1.98. The van der Waals surface area contributed by atoms with Crippen LogP contribution in [0.2, 0.25) is 0 Å². The normalized spacial score (nSPS) is 11.3. The molecule has 0 aromatic heterocycles. The summed E-state index contributed by atoms with van der Waals surface area (Å²) in [5.74, 6) is 0.171. The molecule has 0 heterocycles. The smallest absolute Gasteiger partial charge is 0.341 e. The number of urea groups is 1. The summed E-state index contributed by atoms with van der Waals surface area (Å²) in [5.41, 5.74) is 10.3. The second-order valence-corrected chi connectivity index (χ2v) is 2.87. The third-order valence-corrected chi connectivity index (χ3v) is 1.64. The number of rotatable bonds is 3. The minimum Gasteiger partial charge on any atom is -0.369 e. The Morgan fingerprint density at radius 2 is 2.17 bits per heavy atom. The van der Waals surface area contributed by atoms with Crippen LogP contribution in [0.15, 0.2) is 4.99 Å². The van der Waals surface area contributed by atoms with Crippen molar-refractivity contribution in [2.24, 2.45) is 16.5 Å². The second-order valence-electron chi connectivity index (χ2n) is 2.08. The molecule has 0 saturated heterocycles. The molecule has 0 spiro atoms. The summed E-state index contributed by atoms with van der Waals surface area (Å²) in [5, 5.41) is 0.774. The number of aliphatic imine (C=N–C) groups is 1. The van der Waals surface area contributed by atoms with E-state index >= 15 is 0 Å². The molecule has 70 valence electrons. The molecule has 0 fully saturated rings. The van der Waals surface area contributed by atoms with Gasteiger partial charge in [0, 0.05) is 18.4 Å². The molecule has 0 atom stereocenters. The molecule has 0 aromatic rings. The monoisotopic (exact) mass is 236 g/mol. The van der Waals surface area contributed by atoms with Gasteiger partial charge in [0.15, 0.2) is 0 Å². The first-order valence-corrected chi connectivity index (χ1v) is 4.68. The fourth-order valence-electron chi connectivity index (χ4n) is 0.720. The Kier molecular flexibility index (Phi) is 5.44. The summed E-state index contributed by atoms with van der Waals surface area (Å²) in [6, 6.07) is -0.763. The molecular formula is C6H13BrN4O. The number of guanidine groups is 1. The van der Waals surface area contributed by atoms with E-state index in [9.17, 15) is 4.79 Å². The molecule has 0 radical (unpaired) electrons. The molecule has 6 heteroatoms. The van der Waals surface area contributed by atoms with Crippen LogP contribution in [0.3, 0.4) is 0 Å². The molecule has 0 aliphatic carbocycles. The van der Waals surface area contributed by atoms with Crippen molar-refractivity contribution in [1.29, 1.82) is 0 Å². The van der Waals surface area contributed by atoms with E-state index in [2.05, 4.69) is 20.9 Å². The molecule has 4 N–H and O–H groups in total. The van der Waals surface area contributed by atoms with Gasteiger partial charge in [0.1, 0.15) is 0 Å². The molecule has 0 bridgehead atoms. The van der Waals surface area contributed by atoms with E-state index in [0.717, 1.165) is 5.33 Å². The Morgan fingerprint density at radius 1 is 1.58 bits per heavy atom. The summed E-state index contributed by atoms with van der Waals surface area (Å²) in [7, 11) is 0. The Bertz CT molecular complexity index is 182. The number of carbonyl (C=O) groups excluding carboxylic acids is 1. The zero-order valence-corrected chi connectivity index (χ0v) is 8.54. The van der Waals surface area contributed by atoms with E-state index in [0.29, 0.717) is 13.1 Å². The van der Waals surface area contributed by atoms with Crippen molar-refractivity contribution in [3.8, 4) is 0 Å². The summed E-state index contributed by atoms with van der Waals surface area (Å²) < 4.78 is 0. The highest BCUT2D eigenvalue weighted by Gasteiger charge is 2.04. The van der Waals surface area contributed by atoms with Gasteiger partial charge < -0.3 is 16.4 Å². The van der Waals surface area contributed by atoms with E-state index in [-0.39, 0.29) is 5.96 Å². The summed E-state index contributed by atoms with van der Waals surface area (Å²) in [6.45, 7) is 3.33. The van der Waals surface area contributed by atoms with Crippen molar-refractivity contribution in [3.63, 3.8) is 0 Å². The highest BCUT2D eigenvalue weighted by Crippen LogP contribution is 1.90. The van der Waals surface area contributed by atoms with E-state index in [1.165, 1.54) is 0 Å². The first kappa shape index (κ1) is 11.2. The average molecular weight is 237 g/mol. The van der Waals surface area contributed by atoms with Gasteiger partial charge in [-0.05, 0) is 6.92 Å². The van der Waals surface area contributed by atoms with Crippen molar-refractivity contribution >= 4 is 27.9 Å². The van der Waals surface area contributed by atoms with Gasteiger partial charge in [0.2, 0.25) is 5.96 Å². The lowest BCUT2D eigenvalue weighted by molar-refractivity contribution is 0.256. The van der Waals surface area contributed by atoms with Crippen LogP contribution in [0.4, 0.5) is 4.79 Å². The zero-order valence-electron chi connectivity index (χ0n) is 6.96. The molecule has 0 saturated carbocycles. The van der Waals surface area contributed by atoms with E-state index in [4.69, 9.17) is 11.5 Å². The Balaban J connectivity index is 4.19. The topological polar surface area (TPSA) is 84.7 Å². The lowest BCUT2D eigenvalue weighted by Gasteiger charge is -2.19. The zero-order chi connectivity index (χ0) is 9.56. The molecule has 0 aliphatic rings. The van der Waals surface area contributed by atoms with Crippen molar-refractivity contribution < 1.29 is 4.79 Å². The molecule has 0 aromatic carbocycles. The predicted molar refractivity (Wildman–Crippen MR) is 52.2 cm³/mol. The van der Waals surface area contributed by atoms with Crippen molar-refractivity contribution in [2.45, 2.75) is 6.92 Å². The number of nitrogens with two attached hydrogens (primary N) is 2. The number of primary amides is 1. The number of nitrogens with zero attached hydrogens (tertiary/aromatic N) is 2. The Hall–Kier alpha value is -0.780. The third-order valence-electron chi connectivity index (χ3n) is 1.28. The summed E-state index contributed by atoms with van der Waals surface area (Å²) in [6.07, 6.45) is 0. The SMILES string of the molecule is CCN(CCBr)C(N)=NC(N)=O. The minimum atomic E-state index is -0.763. The number of halogens is 1. The standard InChI is InChI=1S/C6H13BrN4O/c1-2-11(4-3-7)5(8)10-6(9)12/h2-4H2,1H3,(H4,8,9,10,12). The number of amides is 2. The highest BCUT2D eigenvalue weighted by molar-refractivity contribution is 9.09. The van der Waals surface area contributed by atoms with E-state index < -0.39 is 6.03 Å². The number of carbonyl (C=O) groups is 1. The first-order chi connectivity index (χ1) is 5.61. The van der Waals surface area contributed by atoms with Crippen LogP contribution in [0.25, 0.3) is 0 Å². The van der Waals surface area contributed by atoms with Gasteiger partial charge in [-0.3, -0.25) is 0 Å². The molecule has 0 aliphatic heterocycles. The molecular weight excluding hydrogens is 224 g/mol. The maximum atomic E-state index is 10.4. The summed E-state index contributed by atoms with van der Waals surface area (Å²) >= 11 is 3.26. The van der Waals surface area contributed by atoms with Gasteiger partial charge in [0.25, 0.3) is 0 Å². The van der Waals surface area contributed by atoms with E-state index in [1.54, 1.807) is 4.90 Å². The van der Waals surface area contributed by atoms with Crippen LogP contribution in [-0.4, -0.2) is 35.3 Å². The van der Waals surface area contributed by atoms with Crippen molar-refractivity contribution in [3.05, 3.63) is 0 Å². The van der Waals surface area contributed by atoms with Crippen LogP contribution < -0.4 is 11.5 Å². The van der Waals surface area contributed by atoms with E-state index in [1.807, 2.05) is 6.92 Å². The van der Waals surface area contributed by atoms with Crippen LogP contribution in [-0.2, 0) is 0 Å². The van der Waals surface area contributed by atoms with Gasteiger partial charge >= 0.3 is 6.03 Å². The maximum Gasteiger partial charge on any atom is 0.341 e. The first-order valence-electron chi connectivity index (χ1n) is 3.56. The summed E-state index contributed by atoms with van der Waals surface area (Å²) in [4.78, 5) is 15.5. The molecule has 0 rings (SSSR count). The second kappa shape index (κ2) is 5.82. The van der Waals surface area contributed by atoms with Gasteiger partial charge in [0.05, 0.1) is 0 Å². The lowest BCUT2D eigenvalue weighted by Crippen LogP contribution is -2.39. The van der Waals surface area contributed by atoms with Gasteiger partial charge in [-0.15, -0.1) is 0 Å². The van der Waals surface area contributed by atoms with Crippen LogP contribution in [0.1, 0.15) is 6.92 Å². The van der Waals surface area contributed by atoms with Gasteiger partial charge in [-0.1, -0.05) is 15.9 Å². The maximum absolute atomic E-state index is 10.4. The molecule has 12 heavy (non-hydrogen) atoms. The number of hydrogen-bond donors (Lipinski definition) is 2. The largest absolute Gasteiger partial charge is 0.369 e. The number of alkyl halides is 1. The van der Waals surface area contributed by atoms with Gasteiger partial charge in [-0.25, -0.2) is 4.79 Å². The van der Waals surface area contributed by atoms with Crippen LogP contribution in [0.5, 0.6) is 0 Å². The fraction of sp³-hybridized carbons (Fsp3) is 0.667. The minimum absolute atomic E-state index is 0.171. The molecule has 0 unspecified atom stereocenters. The third kappa shape index (κ3) is 4.17. The van der Waals surface area contributed by atoms with Crippen molar-refractivity contribution in [1.82, 2.24) is 4.90 Å². The van der Waals surface area contributed by atoms with Gasteiger partial charge in [-0.2, -0.15) is 4.99 Å². The van der Waals surface area contributed by atoms with Crippen LogP contribution in [0, 0.1) is 0 Å². The Labute approximate surface area is 79.9 Å². The molecule has 5 nitrogen and oxygen atoms in total. The quantitative estimate of drug-likeness (QED) is 0.414. The van der Waals surface area contributed by atoms with Crippen molar-refractivity contribution in [2.75, 3.05) is 18.4 Å². The predicted octanol–water partition coefficient (Wildman–Crippen LogP) is 0.0966. The highest BCUT2D eigenvalue weighted by atomic mass is 79.9. The number of hydrogen-bond acceptors (Lipinski definition) is 1. The lowest BCUT2D eigenvalue weighted by atomic mass is 10.5.